The average molecular weight is 201 g/mol. The molecule has 0 radical (unpaired) electrons. The van der Waals surface area contributed by atoms with E-state index in [9.17, 15) is 8.78 Å². The third-order valence-corrected chi connectivity index (χ3v) is 1.49. The summed E-state index contributed by atoms with van der Waals surface area (Å²) in [6.45, 7) is -2.86. The van der Waals surface area contributed by atoms with Crippen molar-refractivity contribution >= 4 is 5.84 Å². The van der Waals surface area contributed by atoms with Gasteiger partial charge in [0.2, 0.25) is 0 Å². The molecule has 0 saturated heterocycles. The third-order valence-electron chi connectivity index (χ3n) is 1.49. The summed E-state index contributed by atoms with van der Waals surface area (Å²) in [7, 11) is 0. The molecule has 0 aliphatic rings. The number of nitrogens with zero attached hydrogens (tertiary/aromatic N) is 1. The molecule has 0 amide bonds. The Kier molecular flexibility index (Phi) is 3.22. The average Bonchev–Trinajstić information content (AvgIpc) is 2.16. The maximum atomic E-state index is 11.8. The van der Waals surface area contributed by atoms with Gasteiger partial charge in [0, 0.05) is 5.56 Å². The van der Waals surface area contributed by atoms with Gasteiger partial charge in [-0.3, -0.25) is 0 Å². The zero-order chi connectivity index (χ0) is 10.6. The van der Waals surface area contributed by atoms with Gasteiger partial charge in [-0.15, -0.1) is 0 Å². The number of ether oxygens (including phenoxy) is 1. The first kappa shape index (κ1) is 10.2. The van der Waals surface area contributed by atoms with Crippen LogP contribution < -0.4 is 16.3 Å². The van der Waals surface area contributed by atoms with Crippen molar-refractivity contribution in [1.29, 1.82) is 0 Å². The zero-order valence-corrected chi connectivity index (χ0v) is 7.15. The Labute approximate surface area is 79.2 Å². The first-order chi connectivity index (χ1) is 6.63. The van der Waals surface area contributed by atoms with Crippen molar-refractivity contribution in [1.82, 2.24) is 0 Å². The standard InChI is InChI=1S/C8H9F2N3O/c9-8(10)14-6-3-1-2-5(4-6)7(11)13-12/h1-4,8H,12H2,(H2,11,13). The number of alkyl halides is 2. The van der Waals surface area contributed by atoms with Crippen molar-refractivity contribution in [3.05, 3.63) is 29.8 Å². The van der Waals surface area contributed by atoms with Gasteiger partial charge in [0.05, 0.1) is 0 Å². The Morgan fingerprint density at radius 3 is 2.71 bits per heavy atom. The molecule has 0 aliphatic heterocycles. The summed E-state index contributed by atoms with van der Waals surface area (Å²) in [6.07, 6.45) is 0. The molecule has 1 aromatic rings. The first-order valence-electron chi connectivity index (χ1n) is 3.72. The number of benzene rings is 1. The van der Waals surface area contributed by atoms with Crippen LogP contribution in [-0.2, 0) is 0 Å². The largest absolute Gasteiger partial charge is 0.435 e. The van der Waals surface area contributed by atoms with Gasteiger partial charge in [-0.1, -0.05) is 12.1 Å². The van der Waals surface area contributed by atoms with Crippen LogP contribution in [0, 0.1) is 0 Å². The van der Waals surface area contributed by atoms with Gasteiger partial charge < -0.3 is 16.3 Å². The van der Waals surface area contributed by atoms with Crippen molar-refractivity contribution in [3.63, 3.8) is 0 Å². The Balaban J connectivity index is 2.90. The lowest BCUT2D eigenvalue weighted by Gasteiger charge is -2.05. The molecule has 0 atom stereocenters. The molecular weight excluding hydrogens is 192 g/mol. The summed E-state index contributed by atoms with van der Waals surface area (Å²) < 4.78 is 27.8. The Bertz CT molecular complexity index is 341. The maximum Gasteiger partial charge on any atom is 0.387 e. The van der Waals surface area contributed by atoms with E-state index in [4.69, 9.17) is 11.6 Å². The molecular formula is C8H9F2N3O. The quantitative estimate of drug-likeness (QED) is 0.330. The Morgan fingerprint density at radius 2 is 2.14 bits per heavy atom. The predicted molar refractivity (Wildman–Crippen MR) is 48.0 cm³/mol. The Hall–Kier alpha value is -1.85. The van der Waals surface area contributed by atoms with E-state index in [1.165, 1.54) is 18.2 Å². The number of halogens is 2. The van der Waals surface area contributed by atoms with Crippen molar-refractivity contribution in [2.24, 2.45) is 16.7 Å². The summed E-state index contributed by atoms with van der Waals surface area (Å²) >= 11 is 0. The highest BCUT2D eigenvalue weighted by atomic mass is 19.3. The van der Waals surface area contributed by atoms with Gasteiger partial charge in [0.15, 0.2) is 0 Å². The fourth-order valence-electron chi connectivity index (χ4n) is 0.906. The monoisotopic (exact) mass is 201 g/mol. The highest BCUT2D eigenvalue weighted by Crippen LogP contribution is 2.15. The maximum absolute atomic E-state index is 11.8. The molecule has 0 spiro atoms. The second-order valence-corrected chi connectivity index (χ2v) is 2.42. The molecule has 0 fully saturated rings. The predicted octanol–water partition coefficient (Wildman–Crippen LogP) is 0.867. The lowest BCUT2D eigenvalue weighted by Crippen LogP contribution is -2.15. The number of hydrazone groups is 1. The second-order valence-electron chi connectivity index (χ2n) is 2.42. The topological polar surface area (TPSA) is 73.6 Å². The van der Waals surface area contributed by atoms with Crippen molar-refractivity contribution < 1.29 is 13.5 Å². The highest BCUT2D eigenvalue weighted by Gasteiger charge is 2.05. The molecule has 0 heterocycles. The summed E-state index contributed by atoms with van der Waals surface area (Å²) in [5.74, 6) is 5.01. The van der Waals surface area contributed by atoms with Crippen molar-refractivity contribution in [2.75, 3.05) is 0 Å². The fourth-order valence-corrected chi connectivity index (χ4v) is 0.906. The SMILES string of the molecule is N/N=C(/N)c1cccc(OC(F)F)c1. The van der Waals surface area contributed by atoms with Crippen LogP contribution in [0.15, 0.2) is 29.4 Å². The van der Waals surface area contributed by atoms with E-state index in [-0.39, 0.29) is 11.6 Å². The minimum Gasteiger partial charge on any atom is -0.435 e. The molecule has 1 aromatic carbocycles. The van der Waals surface area contributed by atoms with Crippen LogP contribution in [0.3, 0.4) is 0 Å². The molecule has 4 nitrogen and oxygen atoms in total. The second kappa shape index (κ2) is 4.40. The van der Waals surface area contributed by atoms with Crippen LogP contribution in [-0.4, -0.2) is 12.4 Å². The molecule has 0 aromatic heterocycles. The molecule has 14 heavy (non-hydrogen) atoms. The van der Waals surface area contributed by atoms with Crippen LogP contribution in [0.2, 0.25) is 0 Å². The number of rotatable bonds is 3. The van der Waals surface area contributed by atoms with Gasteiger partial charge in [-0.2, -0.15) is 13.9 Å². The molecule has 0 bridgehead atoms. The number of hydrogen-bond donors (Lipinski definition) is 2. The van der Waals surface area contributed by atoms with Crippen molar-refractivity contribution in [3.8, 4) is 5.75 Å². The third kappa shape index (κ3) is 2.58. The van der Waals surface area contributed by atoms with E-state index in [2.05, 4.69) is 9.84 Å². The van der Waals surface area contributed by atoms with Crippen LogP contribution in [0.5, 0.6) is 5.75 Å². The minimum absolute atomic E-state index is 0.0177. The van der Waals surface area contributed by atoms with E-state index in [0.717, 1.165) is 0 Å². The van der Waals surface area contributed by atoms with Crippen LogP contribution >= 0.6 is 0 Å². The molecule has 76 valence electrons. The molecule has 4 N–H and O–H groups in total. The molecule has 0 saturated carbocycles. The number of hydrogen-bond acceptors (Lipinski definition) is 3. The van der Waals surface area contributed by atoms with E-state index in [1.54, 1.807) is 6.07 Å². The number of nitrogens with two attached hydrogens (primary N) is 2. The van der Waals surface area contributed by atoms with Crippen LogP contribution in [0.25, 0.3) is 0 Å². The molecule has 0 aliphatic carbocycles. The summed E-state index contributed by atoms with van der Waals surface area (Å²) in [5, 5.41) is 3.23. The lowest BCUT2D eigenvalue weighted by molar-refractivity contribution is -0.0498. The van der Waals surface area contributed by atoms with Crippen molar-refractivity contribution in [2.45, 2.75) is 6.61 Å². The van der Waals surface area contributed by atoms with Gasteiger partial charge in [-0.05, 0) is 12.1 Å². The minimum atomic E-state index is -2.86. The fraction of sp³-hybridized carbons (Fsp3) is 0.125. The number of amidine groups is 1. The summed E-state index contributed by atoms with van der Waals surface area (Å²) in [6, 6.07) is 5.83. The smallest absolute Gasteiger partial charge is 0.387 e. The van der Waals surface area contributed by atoms with Gasteiger partial charge in [0.25, 0.3) is 0 Å². The van der Waals surface area contributed by atoms with Gasteiger partial charge in [-0.25, -0.2) is 0 Å². The molecule has 1 rings (SSSR count). The van der Waals surface area contributed by atoms with Crippen LogP contribution in [0.4, 0.5) is 8.78 Å². The van der Waals surface area contributed by atoms with Gasteiger partial charge in [0.1, 0.15) is 11.6 Å². The highest BCUT2D eigenvalue weighted by molar-refractivity contribution is 5.97. The first-order valence-corrected chi connectivity index (χ1v) is 3.72. The Morgan fingerprint density at radius 1 is 1.43 bits per heavy atom. The normalized spacial score (nSPS) is 11.8. The zero-order valence-electron chi connectivity index (χ0n) is 7.15. The molecule has 0 unspecified atom stereocenters. The van der Waals surface area contributed by atoms with E-state index < -0.39 is 6.61 Å². The summed E-state index contributed by atoms with van der Waals surface area (Å²) in [4.78, 5) is 0. The van der Waals surface area contributed by atoms with Gasteiger partial charge >= 0.3 is 6.61 Å². The van der Waals surface area contributed by atoms with Crippen LogP contribution in [0.1, 0.15) is 5.56 Å². The van der Waals surface area contributed by atoms with E-state index in [0.29, 0.717) is 5.56 Å². The molecule has 6 heteroatoms. The lowest BCUT2D eigenvalue weighted by atomic mass is 10.2. The summed E-state index contributed by atoms with van der Waals surface area (Å²) in [5.41, 5.74) is 5.81. The van der Waals surface area contributed by atoms with E-state index >= 15 is 0 Å². The van der Waals surface area contributed by atoms with E-state index in [1.807, 2.05) is 0 Å².